The number of aliphatic hydroxyl groups excluding tert-OH is 3. The number of nitriles is 1. The number of likely N-dealkylation sites (N-methyl/N-ethyl adjacent to an activating group) is 1. The second kappa shape index (κ2) is 10.2. The summed E-state index contributed by atoms with van der Waals surface area (Å²) in [5.41, 5.74) is 14.6. The van der Waals surface area contributed by atoms with Crippen molar-refractivity contribution in [1.82, 2.24) is 4.90 Å². The lowest BCUT2D eigenvalue weighted by Gasteiger charge is -2.62. The highest BCUT2D eigenvalue weighted by Gasteiger charge is 2.79. The predicted octanol–water partition coefficient (Wildman–Crippen LogP) is 0.263. The van der Waals surface area contributed by atoms with Crippen LogP contribution >= 0.6 is 0 Å². The smallest absolute Gasteiger partial charge is 0.332 e. The van der Waals surface area contributed by atoms with Crippen LogP contribution in [0.25, 0.3) is 27.7 Å². The topological polar surface area (TPSA) is 280 Å². The van der Waals surface area contributed by atoms with E-state index in [1.54, 1.807) is 24.3 Å². The van der Waals surface area contributed by atoms with Gasteiger partial charge in [0, 0.05) is 5.56 Å². The first-order valence-electron chi connectivity index (χ1n) is 14.4. The molecule has 3 aliphatic carbocycles. The molecule has 0 radical (unpaired) electrons. The molecule has 15 heteroatoms. The van der Waals surface area contributed by atoms with Gasteiger partial charge in [-0.15, -0.1) is 0 Å². The number of carbonyl (C=O) groups is 4. The first-order chi connectivity index (χ1) is 22.5. The number of aliphatic hydroxyl groups is 3. The molecule has 12 N–H and O–H groups in total. The third kappa shape index (κ3) is 3.55. The number of rotatable bonds is 4. The summed E-state index contributed by atoms with van der Waals surface area (Å²) >= 11 is 0. The van der Waals surface area contributed by atoms with Gasteiger partial charge in [0.25, 0.3) is 5.91 Å². The van der Waals surface area contributed by atoms with E-state index in [4.69, 9.17) is 22.9 Å². The third-order valence-electron chi connectivity index (χ3n) is 9.98. The highest BCUT2D eigenvalue weighted by atomic mass is 19.1. The summed E-state index contributed by atoms with van der Waals surface area (Å²) in [4.78, 5) is 53.5. The minimum absolute atomic E-state index is 0.0355. The number of carbonyl (C=O) groups excluding carboxylic acids is 4. The molecule has 6 rings (SSSR count). The Morgan fingerprint density at radius 1 is 0.979 bits per heavy atom. The molecule has 1 amide bonds. The van der Waals surface area contributed by atoms with Crippen molar-refractivity contribution in [2.45, 2.75) is 29.3 Å². The molecule has 0 saturated heterocycles. The molecule has 1 saturated carbocycles. The van der Waals surface area contributed by atoms with Crippen LogP contribution in [0.1, 0.15) is 27.5 Å². The molecule has 3 aromatic carbocycles. The number of fused-ring (bicyclic) bond motifs is 4. The van der Waals surface area contributed by atoms with Gasteiger partial charge in [0.2, 0.25) is 0 Å². The monoisotopic (exact) mass is 656 g/mol. The van der Waals surface area contributed by atoms with E-state index >= 15 is 0 Å². The molecule has 3 aliphatic rings. The van der Waals surface area contributed by atoms with Crippen molar-refractivity contribution in [1.29, 1.82) is 5.26 Å². The van der Waals surface area contributed by atoms with Gasteiger partial charge >= 0.3 is 6.04 Å². The number of primary amides is 1. The standard InChI is InChI=1S/C33H29FN6O8/c1-40(2)25-23(43)19(29(37)47)26(44)31(11-35)27(45)20-22(42)18-17(24(36)32(20,38)30(48)33(25,31)39)10-8-15(21(18)41)14-7-9-16(28(34)46)13-6-4-3-5-12(13)14/h3-10,24-25,30,41-42,44,48H,36,38-39H2,1-2H3,(H2,37,47)/t24-,25+,30-,31-,32+,33-/m0/s1. The van der Waals surface area contributed by atoms with E-state index < -0.39 is 92.2 Å². The maximum absolute atomic E-state index is 14.7. The lowest BCUT2D eigenvalue weighted by atomic mass is 9.45. The first kappa shape index (κ1) is 32.4. The van der Waals surface area contributed by atoms with E-state index in [0.29, 0.717) is 5.39 Å². The number of nitrogens with two attached hydrogens (primary N) is 4. The Morgan fingerprint density at radius 2 is 1.58 bits per heavy atom. The molecule has 14 nitrogen and oxygen atoms in total. The summed E-state index contributed by atoms with van der Waals surface area (Å²) in [5, 5.41) is 58.1. The summed E-state index contributed by atoms with van der Waals surface area (Å²) < 4.78 is 13.8. The van der Waals surface area contributed by atoms with Gasteiger partial charge in [-0.2, -0.15) is 9.65 Å². The van der Waals surface area contributed by atoms with Crippen molar-refractivity contribution in [3.63, 3.8) is 0 Å². The molecular formula is C33H29FN6O8. The van der Waals surface area contributed by atoms with Crippen molar-refractivity contribution >= 4 is 40.0 Å². The number of Topliss-reactive ketones (excluding diaryl/α,β-unsaturated/α-hetero) is 2. The zero-order valence-corrected chi connectivity index (χ0v) is 25.4. The van der Waals surface area contributed by atoms with Crippen LogP contribution < -0.4 is 22.9 Å². The van der Waals surface area contributed by atoms with Crippen molar-refractivity contribution in [2.75, 3.05) is 14.1 Å². The van der Waals surface area contributed by atoms with E-state index in [2.05, 4.69) is 0 Å². The molecule has 246 valence electrons. The Hall–Kier alpha value is -5.50. The van der Waals surface area contributed by atoms with Gasteiger partial charge in [-0.1, -0.05) is 42.5 Å². The Kier molecular flexibility index (Phi) is 6.93. The van der Waals surface area contributed by atoms with Crippen LogP contribution in [0.3, 0.4) is 0 Å². The molecule has 0 aromatic heterocycles. The van der Waals surface area contributed by atoms with Gasteiger partial charge in [0.05, 0.1) is 40.4 Å². The SMILES string of the molecule is CN(C)[C@@H]1C(=O)C(C(N)=O)=C(O)[C@@]2(C#N)C(=O)C3=C(O)c4c(ccc(-c5ccc(C(=O)F)c6ccccc56)c4O)[C@H](N)[C@@]3(N)[C@H](O)[C@@]12N. The number of amides is 1. The number of hydrogen-bond acceptors (Lipinski definition) is 13. The number of hydrogen-bond donors (Lipinski definition) is 8. The van der Waals surface area contributed by atoms with Crippen LogP contribution in [-0.4, -0.2) is 86.2 Å². The molecule has 0 aliphatic heterocycles. The largest absolute Gasteiger partial charge is 0.509 e. The number of aromatic hydroxyl groups is 1. The fourth-order valence-electron chi connectivity index (χ4n) is 7.80. The zero-order valence-electron chi connectivity index (χ0n) is 25.4. The van der Waals surface area contributed by atoms with E-state index in [0.717, 1.165) is 4.90 Å². The van der Waals surface area contributed by atoms with Crippen LogP contribution in [0.5, 0.6) is 5.75 Å². The first-order valence-corrected chi connectivity index (χ1v) is 14.4. The molecule has 3 aromatic rings. The Labute approximate surface area is 270 Å². The fourth-order valence-corrected chi connectivity index (χ4v) is 7.80. The van der Waals surface area contributed by atoms with Gasteiger partial charge in [0.15, 0.2) is 17.0 Å². The quantitative estimate of drug-likeness (QED) is 0.138. The van der Waals surface area contributed by atoms with Gasteiger partial charge in [-0.3, -0.25) is 24.1 Å². The molecule has 0 bridgehead atoms. The van der Waals surface area contributed by atoms with Crippen molar-refractivity contribution in [3.05, 3.63) is 82.1 Å². The summed E-state index contributed by atoms with van der Waals surface area (Å²) in [6, 6.07) is 7.98. The fraction of sp³-hybridized carbons (Fsp3) is 0.242. The maximum atomic E-state index is 14.7. The van der Waals surface area contributed by atoms with Crippen molar-refractivity contribution < 1.29 is 44.0 Å². The number of phenolic OH excluding ortho intramolecular Hbond substituents is 1. The number of ketones is 2. The summed E-state index contributed by atoms with van der Waals surface area (Å²) in [5.74, 6) is -7.34. The van der Waals surface area contributed by atoms with E-state index in [1.807, 2.05) is 0 Å². The van der Waals surface area contributed by atoms with E-state index in [9.17, 15) is 49.3 Å². The third-order valence-corrected chi connectivity index (χ3v) is 9.98. The van der Waals surface area contributed by atoms with Gasteiger partial charge < -0.3 is 43.4 Å². The number of nitrogens with zero attached hydrogens (tertiary/aromatic N) is 2. The second-order valence-corrected chi connectivity index (χ2v) is 12.4. The Morgan fingerprint density at radius 3 is 2.15 bits per heavy atom. The molecule has 1 fully saturated rings. The molecule has 0 spiro atoms. The average Bonchev–Trinajstić information content (AvgIpc) is 3.02. The lowest BCUT2D eigenvalue weighted by molar-refractivity contribution is -0.153. The summed E-state index contributed by atoms with van der Waals surface area (Å²) in [6.45, 7) is 0. The van der Waals surface area contributed by atoms with Crippen molar-refractivity contribution in [3.8, 4) is 22.9 Å². The van der Waals surface area contributed by atoms with Crippen LogP contribution in [0.4, 0.5) is 4.39 Å². The van der Waals surface area contributed by atoms with Gasteiger partial charge in [0.1, 0.15) is 34.5 Å². The van der Waals surface area contributed by atoms with Crippen molar-refractivity contribution in [2.24, 2.45) is 28.3 Å². The molecule has 48 heavy (non-hydrogen) atoms. The van der Waals surface area contributed by atoms with Crippen LogP contribution in [0.2, 0.25) is 0 Å². The Balaban J connectivity index is 1.69. The minimum Gasteiger partial charge on any atom is -0.509 e. The number of benzene rings is 3. The Bertz CT molecular complexity index is 2160. The number of phenols is 1. The molecule has 0 heterocycles. The molecule has 0 unspecified atom stereocenters. The maximum Gasteiger partial charge on any atom is 0.332 e. The van der Waals surface area contributed by atoms with Gasteiger partial charge in [-0.25, -0.2) is 0 Å². The molecule has 6 atom stereocenters. The average molecular weight is 657 g/mol. The number of halogens is 1. The van der Waals surface area contributed by atoms with E-state index in [1.165, 1.54) is 44.4 Å². The van der Waals surface area contributed by atoms with E-state index in [-0.39, 0.29) is 27.6 Å². The predicted molar refractivity (Wildman–Crippen MR) is 167 cm³/mol. The van der Waals surface area contributed by atoms with Crippen LogP contribution in [0.15, 0.2) is 65.4 Å². The van der Waals surface area contributed by atoms with Crippen LogP contribution in [0, 0.1) is 16.7 Å². The highest BCUT2D eigenvalue weighted by Crippen LogP contribution is 2.60. The lowest BCUT2D eigenvalue weighted by Crippen LogP contribution is -2.87. The van der Waals surface area contributed by atoms with Crippen LogP contribution in [-0.2, 0) is 14.4 Å². The highest BCUT2D eigenvalue weighted by molar-refractivity contribution is 6.26. The summed E-state index contributed by atoms with van der Waals surface area (Å²) in [7, 11) is 2.61. The second-order valence-electron chi connectivity index (χ2n) is 12.4. The van der Waals surface area contributed by atoms with Gasteiger partial charge in [-0.05, 0) is 42.1 Å². The normalized spacial score (nSPS) is 29.8. The minimum atomic E-state index is -3.12. The molecular weight excluding hydrogens is 627 g/mol. The summed E-state index contributed by atoms with van der Waals surface area (Å²) in [6.07, 6.45) is -2.35. The zero-order chi connectivity index (χ0) is 35.4.